The number of hydrogen-bond acceptors (Lipinski definition) is 4. The fourth-order valence-electron chi connectivity index (χ4n) is 2.39. The minimum atomic E-state index is -0.418. The summed E-state index contributed by atoms with van der Waals surface area (Å²) in [5.41, 5.74) is 1.44. The predicted molar refractivity (Wildman–Crippen MR) is 87.2 cm³/mol. The molecule has 1 N–H and O–H groups in total. The molecule has 0 saturated heterocycles. The monoisotopic (exact) mass is 329 g/mol. The molecule has 0 atom stereocenters. The van der Waals surface area contributed by atoms with E-state index in [1.807, 2.05) is 0 Å². The van der Waals surface area contributed by atoms with Gasteiger partial charge in [0.1, 0.15) is 11.2 Å². The Kier molecular flexibility index (Phi) is 4.11. The number of aromatic nitrogens is 4. The zero-order chi connectivity index (χ0) is 17.3. The Bertz CT molecular complexity index is 976. The van der Waals surface area contributed by atoms with Gasteiger partial charge < -0.3 is 5.32 Å². The molecule has 2 heterocycles. The molecule has 3 rings (SSSR count). The van der Waals surface area contributed by atoms with Crippen LogP contribution in [0.15, 0.2) is 35.5 Å². The number of nitrogens with one attached hydrogen (secondary N) is 1. The molecule has 24 heavy (non-hydrogen) atoms. The number of benzene rings is 1. The molecule has 0 spiro atoms. The lowest BCUT2D eigenvalue weighted by Crippen LogP contribution is -2.23. The number of carbonyl (C=O) groups excluding carboxylic acids is 1. The second-order valence-corrected chi connectivity index (χ2v) is 5.51. The lowest BCUT2D eigenvalue weighted by molar-refractivity contribution is -0.116. The van der Waals surface area contributed by atoms with Crippen molar-refractivity contribution >= 4 is 22.6 Å². The Balaban J connectivity index is 1.71. The predicted octanol–water partition coefficient (Wildman–Crippen LogP) is 1.61. The van der Waals surface area contributed by atoms with Gasteiger partial charge in [0.15, 0.2) is 5.65 Å². The van der Waals surface area contributed by atoms with Crippen molar-refractivity contribution < 1.29 is 9.18 Å². The number of fused-ring (bicyclic) bond motifs is 1. The molecule has 0 radical (unpaired) electrons. The van der Waals surface area contributed by atoms with E-state index in [2.05, 4.69) is 15.4 Å². The van der Waals surface area contributed by atoms with Crippen LogP contribution < -0.4 is 10.9 Å². The Morgan fingerprint density at radius 1 is 1.38 bits per heavy atom. The maximum absolute atomic E-state index is 13.2. The van der Waals surface area contributed by atoms with Crippen LogP contribution in [-0.4, -0.2) is 25.2 Å². The van der Waals surface area contributed by atoms with Gasteiger partial charge in [0.05, 0.1) is 12.5 Å². The number of aryl methyl sites for hydroxylation is 3. The average Bonchev–Trinajstić information content (AvgIpc) is 2.92. The molecule has 0 aliphatic heterocycles. The van der Waals surface area contributed by atoms with E-state index in [1.54, 1.807) is 20.0 Å². The molecule has 3 aromatic rings. The zero-order valence-electron chi connectivity index (χ0n) is 13.3. The van der Waals surface area contributed by atoms with Crippen LogP contribution in [0.5, 0.6) is 0 Å². The van der Waals surface area contributed by atoms with Crippen LogP contribution in [0.1, 0.15) is 12.0 Å². The molecule has 1 aromatic carbocycles. The summed E-state index contributed by atoms with van der Waals surface area (Å²) in [5, 5.41) is 7.05. The van der Waals surface area contributed by atoms with Crippen LogP contribution in [0.25, 0.3) is 11.0 Å². The van der Waals surface area contributed by atoms with Crippen molar-refractivity contribution in [3.63, 3.8) is 0 Å². The zero-order valence-corrected chi connectivity index (χ0v) is 13.3. The van der Waals surface area contributed by atoms with E-state index in [9.17, 15) is 14.0 Å². The second-order valence-electron chi connectivity index (χ2n) is 5.51. The van der Waals surface area contributed by atoms with Crippen molar-refractivity contribution in [1.29, 1.82) is 0 Å². The van der Waals surface area contributed by atoms with E-state index in [4.69, 9.17) is 0 Å². The number of hydrogen-bond donors (Lipinski definition) is 1. The summed E-state index contributed by atoms with van der Waals surface area (Å²) < 4.78 is 16.1. The van der Waals surface area contributed by atoms with Crippen LogP contribution >= 0.6 is 0 Å². The number of anilines is 1. The van der Waals surface area contributed by atoms with Gasteiger partial charge in [-0.15, -0.1) is 0 Å². The molecule has 1 amide bonds. The summed E-state index contributed by atoms with van der Waals surface area (Å²) in [5.74, 6) is -0.722. The third kappa shape index (κ3) is 3.03. The number of rotatable bonds is 4. The highest BCUT2D eigenvalue weighted by Crippen LogP contribution is 2.16. The molecule has 0 aliphatic carbocycles. The van der Waals surface area contributed by atoms with E-state index in [1.165, 1.54) is 33.9 Å². The average molecular weight is 329 g/mol. The molecule has 0 fully saturated rings. The van der Waals surface area contributed by atoms with Crippen LogP contribution in [0.3, 0.4) is 0 Å². The quantitative estimate of drug-likeness (QED) is 0.788. The molecule has 0 bridgehead atoms. The van der Waals surface area contributed by atoms with Crippen molar-refractivity contribution in [2.45, 2.75) is 19.9 Å². The highest BCUT2D eigenvalue weighted by molar-refractivity contribution is 5.91. The molecule has 0 unspecified atom stereocenters. The summed E-state index contributed by atoms with van der Waals surface area (Å²) in [6, 6.07) is 4.19. The standard InChI is InChI=1S/C16H16FN5O2/c1-10-3-4-11(17)7-13(10)20-14(23)5-6-22-9-18-15-12(16(22)24)8-19-21(15)2/h3-4,7-9H,5-6H2,1-2H3,(H,20,23). The molecule has 0 aliphatic rings. The maximum atomic E-state index is 13.2. The molecular weight excluding hydrogens is 313 g/mol. The summed E-state index contributed by atoms with van der Waals surface area (Å²) in [6.07, 6.45) is 2.92. The van der Waals surface area contributed by atoms with Crippen LogP contribution in [-0.2, 0) is 18.4 Å². The van der Waals surface area contributed by atoms with Gasteiger partial charge in [-0.3, -0.25) is 18.8 Å². The van der Waals surface area contributed by atoms with Gasteiger partial charge in [-0.2, -0.15) is 5.10 Å². The smallest absolute Gasteiger partial charge is 0.264 e. The molecule has 0 saturated carbocycles. The molecule has 124 valence electrons. The van der Waals surface area contributed by atoms with Crippen molar-refractivity contribution in [1.82, 2.24) is 19.3 Å². The largest absolute Gasteiger partial charge is 0.326 e. The Morgan fingerprint density at radius 2 is 2.17 bits per heavy atom. The Hall–Kier alpha value is -3.03. The fraction of sp³-hybridized carbons (Fsp3) is 0.250. The molecular formula is C16H16FN5O2. The lowest BCUT2D eigenvalue weighted by Gasteiger charge is -2.09. The first-order valence-electron chi connectivity index (χ1n) is 7.39. The van der Waals surface area contributed by atoms with Crippen molar-refractivity contribution in [2.24, 2.45) is 7.05 Å². The van der Waals surface area contributed by atoms with E-state index in [0.29, 0.717) is 16.7 Å². The summed E-state index contributed by atoms with van der Waals surface area (Å²) in [7, 11) is 1.70. The first-order valence-corrected chi connectivity index (χ1v) is 7.39. The summed E-state index contributed by atoms with van der Waals surface area (Å²) >= 11 is 0. The second kappa shape index (κ2) is 6.23. The highest BCUT2D eigenvalue weighted by atomic mass is 19.1. The molecule has 2 aromatic heterocycles. The minimum Gasteiger partial charge on any atom is -0.326 e. The summed E-state index contributed by atoms with van der Waals surface area (Å²) in [4.78, 5) is 28.5. The summed E-state index contributed by atoms with van der Waals surface area (Å²) in [6.45, 7) is 1.96. The van der Waals surface area contributed by atoms with Gasteiger partial charge in [-0.05, 0) is 24.6 Å². The number of nitrogens with zero attached hydrogens (tertiary/aromatic N) is 4. The third-order valence-corrected chi connectivity index (χ3v) is 3.77. The maximum Gasteiger partial charge on any atom is 0.264 e. The van der Waals surface area contributed by atoms with Gasteiger partial charge in [-0.25, -0.2) is 9.37 Å². The van der Waals surface area contributed by atoms with Crippen molar-refractivity contribution in [2.75, 3.05) is 5.32 Å². The Labute approximate surface area is 136 Å². The first kappa shape index (κ1) is 15.9. The van der Waals surface area contributed by atoms with E-state index in [0.717, 1.165) is 5.56 Å². The van der Waals surface area contributed by atoms with Gasteiger partial charge in [0.2, 0.25) is 5.91 Å². The Morgan fingerprint density at radius 3 is 2.96 bits per heavy atom. The number of amides is 1. The van der Waals surface area contributed by atoms with E-state index in [-0.39, 0.29) is 24.4 Å². The molecule has 7 nitrogen and oxygen atoms in total. The van der Waals surface area contributed by atoms with Crippen LogP contribution in [0, 0.1) is 12.7 Å². The van der Waals surface area contributed by atoms with Crippen molar-refractivity contribution in [3.05, 3.63) is 52.5 Å². The van der Waals surface area contributed by atoms with Gasteiger partial charge in [-0.1, -0.05) is 6.07 Å². The van der Waals surface area contributed by atoms with E-state index < -0.39 is 5.82 Å². The van der Waals surface area contributed by atoms with Gasteiger partial charge in [0, 0.05) is 25.7 Å². The topological polar surface area (TPSA) is 81.8 Å². The number of carbonyl (C=O) groups is 1. The van der Waals surface area contributed by atoms with Crippen LogP contribution in [0.4, 0.5) is 10.1 Å². The van der Waals surface area contributed by atoms with Gasteiger partial charge in [0.25, 0.3) is 5.56 Å². The normalized spacial score (nSPS) is 11.0. The lowest BCUT2D eigenvalue weighted by atomic mass is 10.2. The molecule has 8 heteroatoms. The SMILES string of the molecule is Cc1ccc(F)cc1NC(=O)CCn1cnc2c(cnn2C)c1=O. The highest BCUT2D eigenvalue weighted by Gasteiger charge is 2.10. The van der Waals surface area contributed by atoms with Crippen LogP contribution in [0.2, 0.25) is 0 Å². The fourth-order valence-corrected chi connectivity index (χ4v) is 2.39. The minimum absolute atomic E-state index is 0.0727. The van der Waals surface area contributed by atoms with Crippen molar-refractivity contribution in [3.8, 4) is 0 Å². The first-order chi connectivity index (χ1) is 11.5. The van der Waals surface area contributed by atoms with Gasteiger partial charge >= 0.3 is 0 Å². The number of halogens is 1. The third-order valence-electron chi connectivity index (χ3n) is 3.77. The van der Waals surface area contributed by atoms with E-state index >= 15 is 0 Å².